The Hall–Kier alpha value is -2.09. The summed E-state index contributed by atoms with van der Waals surface area (Å²) >= 11 is 0. The number of hydrogen-bond acceptors (Lipinski definition) is 4. The van der Waals surface area contributed by atoms with E-state index >= 15 is 0 Å². The molecule has 1 fully saturated rings. The second-order valence-corrected chi connectivity index (χ2v) is 5.09. The number of rotatable bonds is 2. The molecule has 0 radical (unpaired) electrons. The Balaban J connectivity index is 2.17. The minimum atomic E-state index is -0.439. The summed E-state index contributed by atoms with van der Waals surface area (Å²) in [6.45, 7) is 3.08. The van der Waals surface area contributed by atoms with Crippen LogP contribution in [0.4, 0.5) is 0 Å². The molecule has 1 atom stereocenters. The normalized spacial score (nSPS) is 22.7. The highest BCUT2D eigenvalue weighted by molar-refractivity contribution is 5.94. The van der Waals surface area contributed by atoms with Gasteiger partial charge in [0.15, 0.2) is 0 Å². The van der Waals surface area contributed by atoms with Crippen molar-refractivity contribution in [3.8, 4) is 11.9 Å². The Labute approximate surface area is 112 Å². The van der Waals surface area contributed by atoms with Crippen molar-refractivity contribution in [1.82, 2.24) is 9.88 Å². The molecular weight excluding hydrogens is 242 g/mol. The maximum atomic E-state index is 12.4. The second-order valence-electron chi connectivity index (χ2n) is 5.09. The monoisotopic (exact) mass is 259 g/mol. The fourth-order valence-electron chi connectivity index (χ4n) is 2.34. The fourth-order valence-corrected chi connectivity index (χ4v) is 2.34. The van der Waals surface area contributed by atoms with Crippen LogP contribution in [0.1, 0.15) is 30.1 Å². The number of nitrogens with zero attached hydrogens (tertiary/aromatic N) is 3. The van der Waals surface area contributed by atoms with E-state index in [9.17, 15) is 10.1 Å². The van der Waals surface area contributed by atoms with Gasteiger partial charge in [-0.05, 0) is 25.8 Å². The van der Waals surface area contributed by atoms with Gasteiger partial charge in [0, 0.05) is 30.9 Å². The van der Waals surface area contributed by atoms with Crippen LogP contribution in [0.3, 0.4) is 0 Å². The Morgan fingerprint density at radius 1 is 1.63 bits per heavy atom. The van der Waals surface area contributed by atoms with E-state index in [2.05, 4.69) is 11.1 Å². The highest BCUT2D eigenvalue weighted by Crippen LogP contribution is 2.29. The van der Waals surface area contributed by atoms with Crippen LogP contribution < -0.4 is 4.74 Å². The number of amides is 1. The average Bonchev–Trinajstić information content (AvgIpc) is 2.46. The van der Waals surface area contributed by atoms with E-state index in [-0.39, 0.29) is 5.91 Å². The lowest BCUT2D eigenvalue weighted by Crippen LogP contribution is -2.44. The summed E-state index contributed by atoms with van der Waals surface area (Å²) < 4.78 is 5.02. The van der Waals surface area contributed by atoms with Crippen molar-refractivity contribution in [2.45, 2.75) is 19.8 Å². The third-order valence-corrected chi connectivity index (χ3v) is 3.44. The van der Waals surface area contributed by atoms with Crippen molar-refractivity contribution in [3.63, 3.8) is 0 Å². The second kappa shape index (κ2) is 5.27. The number of pyridine rings is 1. The summed E-state index contributed by atoms with van der Waals surface area (Å²) in [6, 6.07) is 5.60. The van der Waals surface area contributed by atoms with Crippen LogP contribution in [0, 0.1) is 16.7 Å². The number of carbonyl (C=O) groups excluding carboxylic acids is 1. The summed E-state index contributed by atoms with van der Waals surface area (Å²) in [4.78, 5) is 18.1. The van der Waals surface area contributed by atoms with Crippen molar-refractivity contribution in [2.24, 2.45) is 5.41 Å². The van der Waals surface area contributed by atoms with Gasteiger partial charge in [0.1, 0.15) is 0 Å². The minimum Gasteiger partial charge on any atom is -0.481 e. The van der Waals surface area contributed by atoms with E-state index in [4.69, 9.17) is 4.74 Å². The Morgan fingerprint density at radius 2 is 2.42 bits per heavy atom. The number of likely N-dealkylation sites (tertiary alicyclic amines) is 1. The van der Waals surface area contributed by atoms with Crippen molar-refractivity contribution in [3.05, 3.63) is 23.9 Å². The highest BCUT2D eigenvalue weighted by Gasteiger charge is 2.33. The molecule has 2 rings (SSSR count). The zero-order valence-electron chi connectivity index (χ0n) is 11.2. The first-order valence-electron chi connectivity index (χ1n) is 6.28. The lowest BCUT2D eigenvalue weighted by molar-refractivity contribution is 0.0629. The molecule has 1 aromatic rings. The SMILES string of the molecule is COc1cc(C(=O)N2CCCC(C)(C#N)C2)ccn1. The molecule has 19 heavy (non-hydrogen) atoms. The maximum Gasteiger partial charge on any atom is 0.254 e. The molecule has 0 aliphatic carbocycles. The molecule has 1 aromatic heterocycles. The Morgan fingerprint density at radius 3 is 3.11 bits per heavy atom. The van der Waals surface area contributed by atoms with Crippen LogP contribution in [0.5, 0.6) is 5.88 Å². The van der Waals surface area contributed by atoms with E-state index < -0.39 is 5.41 Å². The van der Waals surface area contributed by atoms with E-state index in [0.29, 0.717) is 24.5 Å². The molecule has 0 N–H and O–H groups in total. The molecule has 0 saturated carbocycles. The van der Waals surface area contributed by atoms with Gasteiger partial charge in [-0.1, -0.05) is 0 Å². The third kappa shape index (κ3) is 2.84. The molecule has 1 unspecified atom stereocenters. The fraction of sp³-hybridized carbons (Fsp3) is 0.500. The van der Waals surface area contributed by atoms with Gasteiger partial charge in [0.05, 0.1) is 18.6 Å². The molecule has 0 bridgehead atoms. The van der Waals surface area contributed by atoms with E-state index in [0.717, 1.165) is 12.8 Å². The molecule has 1 aliphatic rings. The van der Waals surface area contributed by atoms with Gasteiger partial charge < -0.3 is 9.64 Å². The van der Waals surface area contributed by atoms with E-state index in [1.807, 2.05) is 6.92 Å². The van der Waals surface area contributed by atoms with Gasteiger partial charge in [0.25, 0.3) is 5.91 Å². The van der Waals surface area contributed by atoms with Gasteiger partial charge >= 0.3 is 0 Å². The zero-order chi connectivity index (χ0) is 13.9. The number of hydrogen-bond donors (Lipinski definition) is 0. The van der Waals surface area contributed by atoms with Crippen LogP contribution in [0.2, 0.25) is 0 Å². The van der Waals surface area contributed by atoms with Gasteiger partial charge in [-0.15, -0.1) is 0 Å². The zero-order valence-corrected chi connectivity index (χ0v) is 11.2. The average molecular weight is 259 g/mol. The largest absolute Gasteiger partial charge is 0.481 e. The van der Waals surface area contributed by atoms with Crippen LogP contribution in [0.15, 0.2) is 18.3 Å². The van der Waals surface area contributed by atoms with Crippen LogP contribution in [-0.2, 0) is 0 Å². The predicted octanol–water partition coefficient (Wildman–Crippen LogP) is 1.86. The van der Waals surface area contributed by atoms with Crippen molar-refractivity contribution >= 4 is 5.91 Å². The standard InChI is InChI=1S/C14H17N3O2/c1-14(9-15)5-3-7-17(10-14)13(18)11-4-6-16-12(8-11)19-2/h4,6,8H,3,5,7,10H2,1-2H3. The summed E-state index contributed by atoms with van der Waals surface area (Å²) in [7, 11) is 1.52. The topological polar surface area (TPSA) is 66.2 Å². The van der Waals surface area contributed by atoms with Crippen LogP contribution >= 0.6 is 0 Å². The van der Waals surface area contributed by atoms with Crippen molar-refractivity contribution in [2.75, 3.05) is 20.2 Å². The number of nitriles is 1. The number of piperidine rings is 1. The van der Waals surface area contributed by atoms with Crippen molar-refractivity contribution < 1.29 is 9.53 Å². The summed E-state index contributed by atoms with van der Waals surface area (Å²) in [5.74, 6) is 0.354. The molecule has 5 heteroatoms. The van der Waals surface area contributed by atoms with Gasteiger partial charge in [0.2, 0.25) is 5.88 Å². The molecule has 1 aliphatic heterocycles. The first-order valence-corrected chi connectivity index (χ1v) is 6.28. The molecule has 1 saturated heterocycles. The number of aromatic nitrogens is 1. The summed E-state index contributed by atoms with van der Waals surface area (Å²) in [5.41, 5.74) is 0.111. The molecule has 100 valence electrons. The molecule has 0 aromatic carbocycles. The summed E-state index contributed by atoms with van der Waals surface area (Å²) in [6.07, 6.45) is 3.25. The van der Waals surface area contributed by atoms with Crippen molar-refractivity contribution in [1.29, 1.82) is 5.26 Å². The molecule has 0 spiro atoms. The van der Waals surface area contributed by atoms with Crippen LogP contribution in [-0.4, -0.2) is 36.0 Å². The molecule has 5 nitrogen and oxygen atoms in total. The number of carbonyl (C=O) groups is 1. The molecule has 1 amide bonds. The van der Waals surface area contributed by atoms with E-state index in [1.54, 1.807) is 23.2 Å². The van der Waals surface area contributed by atoms with Gasteiger partial charge in [-0.2, -0.15) is 5.26 Å². The minimum absolute atomic E-state index is 0.0677. The first-order chi connectivity index (χ1) is 9.08. The predicted molar refractivity (Wildman–Crippen MR) is 69.6 cm³/mol. The summed E-state index contributed by atoms with van der Waals surface area (Å²) in [5, 5.41) is 9.18. The quantitative estimate of drug-likeness (QED) is 0.813. The molecule has 2 heterocycles. The Kier molecular flexibility index (Phi) is 3.70. The van der Waals surface area contributed by atoms with Gasteiger partial charge in [-0.25, -0.2) is 4.98 Å². The number of ether oxygens (including phenoxy) is 1. The highest BCUT2D eigenvalue weighted by atomic mass is 16.5. The Bertz CT molecular complexity index is 524. The lowest BCUT2D eigenvalue weighted by atomic mass is 9.83. The number of methoxy groups -OCH3 is 1. The smallest absolute Gasteiger partial charge is 0.254 e. The van der Waals surface area contributed by atoms with Gasteiger partial charge in [-0.3, -0.25) is 4.79 Å². The molecular formula is C14H17N3O2. The third-order valence-electron chi connectivity index (χ3n) is 3.44. The maximum absolute atomic E-state index is 12.4. The van der Waals surface area contributed by atoms with E-state index in [1.165, 1.54) is 7.11 Å². The lowest BCUT2D eigenvalue weighted by Gasteiger charge is -2.36. The first kappa shape index (κ1) is 13.3. The van der Waals surface area contributed by atoms with Crippen LogP contribution in [0.25, 0.3) is 0 Å².